The molecule has 0 radical (unpaired) electrons. The molecule has 1 rings (SSSR count). The highest BCUT2D eigenvalue weighted by atomic mass is 19.1. The van der Waals surface area contributed by atoms with Crippen molar-refractivity contribution in [3.05, 3.63) is 29.6 Å². The van der Waals surface area contributed by atoms with E-state index in [1.165, 1.54) is 11.0 Å². The molecule has 4 nitrogen and oxygen atoms in total. The van der Waals surface area contributed by atoms with E-state index in [0.717, 1.165) is 12.0 Å². The third-order valence-electron chi connectivity index (χ3n) is 2.51. The van der Waals surface area contributed by atoms with Gasteiger partial charge in [0.15, 0.2) is 0 Å². The van der Waals surface area contributed by atoms with E-state index in [1.807, 2.05) is 13.8 Å². The first-order valence-corrected chi connectivity index (χ1v) is 6.01. The SMILES string of the molecule is CCCN(CCO)C(=O)Nc1cc(C)ccc1F. The van der Waals surface area contributed by atoms with Crippen molar-refractivity contribution in [3.63, 3.8) is 0 Å². The molecular formula is C13H19FN2O2. The first kappa shape index (κ1) is 14.4. The van der Waals surface area contributed by atoms with E-state index >= 15 is 0 Å². The van der Waals surface area contributed by atoms with Crippen LogP contribution in [0.3, 0.4) is 0 Å². The molecule has 5 heteroatoms. The van der Waals surface area contributed by atoms with Gasteiger partial charge in [-0.05, 0) is 31.0 Å². The lowest BCUT2D eigenvalue weighted by Gasteiger charge is -2.21. The maximum absolute atomic E-state index is 13.5. The van der Waals surface area contributed by atoms with Crippen molar-refractivity contribution in [2.45, 2.75) is 20.3 Å². The van der Waals surface area contributed by atoms with Gasteiger partial charge in [0.2, 0.25) is 0 Å². The maximum Gasteiger partial charge on any atom is 0.322 e. The Morgan fingerprint density at radius 3 is 2.78 bits per heavy atom. The van der Waals surface area contributed by atoms with Crippen LogP contribution in [0, 0.1) is 12.7 Å². The Morgan fingerprint density at radius 2 is 2.17 bits per heavy atom. The van der Waals surface area contributed by atoms with Gasteiger partial charge >= 0.3 is 6.03 Å². The molecule has 0 fully saturated rings. The van der Waals surface area contributed by atoms with Crippen LogP contribution >= 0.6 is 0 Å². The first-order chi connectivity index (χ1) is 8.58. The lowest BCUT2D eigenvalue weighted by atomic mass is 10.2. The number of carbonyl (C=O) groups is 1. The predicted molar refractivity (Wildman–Crippen MR) is 69.1 cm³/mol. The van der Waals surface area contributed by atoms with Crippen molar-refractivity contribution in [2.75, 3.05) is 25.0 Å². The van der Waals surface area contributed by atoms with Gasteiger partial charge in [-0.2, -0.15) is 0 Å². The molecule has 0 unspecified atom stereocenters. The van der Waals surface area contributed by atoms with Gasteiger partial charge < -0.3 is 15.3 Å². The molecule has 0 aromatic heterocycles. The maximum atomic E-state index is 13.5. The number of anilines is 1. The Labute approximate surface area is 106 Å². The van der Waals surface area contributed by atoms with Crippen LogP contribution in [0.4, 0.5) is 14.9 Å². The fourth-order valence-corrected chi connectivity index (χ4v) is 1.63. The third-order valence-corrected chi connectivity index (χ3v) is 2.51. The summed E-state index contributed by atoms with van der Waals surface area (Å²) in [4.78, 5) is 13.4. The van der Waals surface area contributed by atoms with Gasteiger partial charge in [-0.3, -0.25) is 0 Å². The van der Waals surface area contributed by atoms with E-state index in [9.17, 15) is 9.18 Å². The Hall–Kier alpha value is -1.62. The summed E-state index contributed by atoms with van der Waals surface area (Å²) in [5.41, 5.74) is 1.04. The topological polar surface area (TPSA) is 52.6 Å². The van der Waals surface area contributed by atoms with E-state index in [1.54, 1.807) is 12.1 Å². The quantitative estimate of drug-likeness (QED) is 0.847. The number of aliphatic hydroxyl groups excluding tert-OH is 1. The number of halogens is 1. The number of aryl methyl sites for hydroxylation is 1. The van der Waals surface area contributed by atoms with Gasteiger partial charge in [0, 0.05) is 13.1 Å². The highest BCUT2D eigenvalue weighted by molar-refractivity contribution is 5.89. The Kier molecular flexibility index (Phi) is 5.58. The van der Waals surface area contributed by atoms with Crippen molar-refractivity contribution < 1.29 is 14.3 Å². The summed E-state index contributed by atoms with van der Waals surface area (Å²) in [7, 11) is 0. The number of rotatable bonds is 5. The number of hydrogen-bond acceptors (Lipinski definition) is 2. The average molecular weight is 254 g/mol. The molecule has 1 aromatic carbocycles. The van der Waals surface area contributed by atoms with Crippen LogP contribution in [0.25, 0.3) is 0 Å². The van der Waals surface area contributed by atoms with Gasteiger partial charge in [0.25, 0.3) is 0 Å². The first-order valence-electron chi connectivity index (χ1n) is 6.01. The van der Waals surface area contributed by atoms with Gasteiger partial charge in [-0.1, -0.05) is 13.0 Å². The normalized spacial score (nSPS) is 10.2. The number of carbonyl (C=O) groups excluding carboxylic acids is 1. The molecule has 0 heterocycles. The van der Waals surface area contributed by atoms with Crippen LogP contribution in [0.2, 0.25) is 0 Å². The lowest BCUT2D eigenvalue weighted by Crippen LogP contribution is -2.37. The molecule has 0 aliphatic carbocycles. The minimum absolute atomic E-state index is 0.107. The second kappa shape index (κ2) is 6.96. The Bertz CT molecular complexity index is 404. The summed E-state index contributed by atoms with van der Waals surface area (Å²) >= 11 is 0. The zero-order chi connectivity index (χ0) is 13.5. The summed E-state index contributed by atoms with van der Waals surface area (Å²) in [6, 6.07) is 4.15. The van der Waals surface area contributed by atoms with Crippen molar-refractivity contribution in [3.8, 4) is 0 Å². The summed E-state index contributed by atoms with van der Waals surface area (Å²) < 4.78 is 13.5. The molecular weight excluding hydrogens is 235 g/mol. The predicted octanol–water partition coefficient (Wildman–Crippen LogP) is 2.37. The van der Waals surface area contributed by atoms with Crippen LogP contribution in [-0.2, 0) is 0 Å². The van der Waals surface area contributed by atoms with Crippen molar-refractivity contribution >= 4 is 11.7 Å². The highest BCUT2D eigenvalue weighted by Crippen LogP contribution is 2.16. The molecule has 0 aliphatic rings. The van der Waals surface area contributed by atoms with Gasteiger partial charge in [-0.25, -0.2) is 9.18 Å². The largest absolute Gasteiger partial charge is 0.395 e. The fourth-order valence-electron chi connectivity index (χ4n) is 1.63. The number of nitrogens with one attached hydrogen (secondary N) is 1. The molecule has 2 amide bonds. The standard InChI is InChI=1S/C13H19FN2O2/c1-3-6-16(7-8-17)13(18)15-12-9-10(2)4-5-11(12)14/h4-5,9,17H,3,6-8H2,1-2H3,(H,15,18). The molecule has 1 aromatic rings. The monoisotopic (exact) mass is 254 g/mol. The highest BCUT2D eigenvalue weighted by Gasteiger charge is 2.13. The smallest absolute Gasteiger partial charge is 0.322 e. The number of aliphatic hydroxyl groups is 1. The molecule has 18 heavy (non-hydrogen) atoms. The second-order valence-corrected chi connectivity index (χ2v) is 4.12. The van der Waals surface area contributed by atoms with Crippen molar-refractivity contribution in [1.82, 2.24) is 4.90 Å². The molecule has 100 valence electrons. The third kappa shape index (κ3) is 4.00. The van der Waals surface area contributed by atoms with Gasteiger partial charge in [0.05, 0.1) is 12.3 Å². The fraction of sp³-hybridized carbons (Fsp3) is 0.462. The van der Waals surface area contributed by atoms with E-state index in [4.69, 9.17) is 5.11 Å². The lowest BCUT2D eigenvalue weighted by molar-refractivity contribution is 0.188. The summed E-state index contributed by atoms with van der Waals surface area (Å²) in [6.07, 6.45) is 0.781. The summed E-state index contributed by atoms with van der Waals surface area (Å²) in [5.74, 6) is -0.464. The minimum atomic E-state index is -0.464. The van der Waals surface area contributed by atoms with E-state index < -0.39 is 11.8 Å². The molecule has 0 atom stereocenters. The number of benzene rings is 1. The minimum Gasteiger partial charge on any atom is -0.395 e. The van der Waals surface area contributed by atoms with Crippen LogP contribution in [0.15, 0.2) is 18.2 Å². The van der Waals surface area contributed by atoms with Crippen LogP contribution in [-0.4, -0.2) is 35.7 Å². The average Bonchev–Trinajstić information content (AvgIpc) is 2.33. The van der Waals surface area contributed by atoms with Crippen molar-refractivity contribution in [1.29, 1.82) is 0 Å². The Balaban J connectivity index is 2.75. The van der Waals surface area contributed by atoms with Crippen LogP contribution < -0.4 is 5.32 Å². The van der Waals surface area contributed by atoms with Gasteiger partial charge in [-0.15, -0.1) is 0 Å². The number of nitrogens with zero attached hydrogens (tertiary/aromatic N) is 1. The van der Waals surface area contributed by atoms with Crippen LogP contribution in [0.1, 0.15) is 18.9 Å². The molecule has 0 saturated carbocycles. The van der Waals surface area contributed by atoms with Gasteiger partial charge in [0.1, 0.15) is 5.82 Å². The molecule has 0 saturated heterocycles. The second-order valence-electron chi connectivity index (χ2n) is 4.12. The summed E-state index contributed by atoms with van der Waals surface area (Å²) in [6.45, 7) is 4.42. The van der Waals surface area contributed by atoms with Crippen LogP contribution in [0.5, 0.6) is 0 Å². The zero-order valence-electron chi connectivity index (χ0n) is 10.7. The number of hydrogen-bond donors (Lipinski definition) is 2. The van der Waals surface area contributed by atoms with E-state index in [0.29, 0.717) is 6.54 Å². The molecule has 0 spiro atoms. The van der Waals surface area contributed by atoms with E-state index in [2.05, 4.69) is 5.32 Å². The summed E-state index contributed by atoms with van der Waals surface area (Å²) in [5, 5.41) is 11.4. The molecule has 0 aliphatic heterocycles. The van der Waals surface area contributed by atoms with E-state index in [-0.39, 0.29) is 18.8 Å². The van der Waals surface area contributed by atoms with Crippen molar-refractivity contribution in [2.24, 2.45) is 0 Å². The molecule has 0 bridgehead atoms. The zero-order valence-corrected chi connectivity index (χ0v) is 10.7. The Morgan fingerprint density at radius 1 is 1.44 bits per heavy atom. The molecule has 2 N–H and O–H groups in total. The number of urea groups is 1. The number of amides is 2.